The van der Waals surface area contributed by atoms with Gasteiger partial charge in [-0.25, -0.2) is 4.79 Å². The van der Waals surface area contributed by atoms with Crippen LogP contribution in [0.4, 0.5) is 4.79 Å². The van der Waals surface area contributed by atoms with Gasteiger partial charge in [-0.15, -0.1) is 6.42 Å². The minimum atomic E-state index is -1.13. The summed E-state index contributed by atoms with van der Waals surface area (Å²) in [7, 11) is -1.13. The highest BCUT2D eigenvalue weighted by molar-refractivity contribution is 6.76. The molecule has 0 aromatic heterocycles. The van der Waals surface area contributed by atoms with Crippen LogP contribution in [0.3, 0.4) is 0 Å². The number of piperidine rings is 1. The van der Waals surface area contributed by atoms with Crippen molar-refractivity contribution in [1.82, 2.24) is 4.90 Å². The second-order valence-corrected chi connectivity index (χ2v) is 11.9. The normalized spacial score (nSPS) is 30.7. The average Bonchev–Trinajstić information content (AvgIpc) is 2.87. The van der Waals surface area contributed by atoms with Gasteiger partial charge < -0.3 is 4.74 Å². The molecule has 0 aromatic rings. The number of hydrogen-bond acceptors (Lipinski definition) is 2. The predicted molar refractivity (Wildman–Crippen MR) is 70.5 cm³/mol. The van der Waals surface area contributed by atoms with Crippen molar-refractivity contribution in [1.29, 1.82) is 0 Å². The quantitative estimate of drug-likeness (QED) is 0.570. The van der Waals surface area contributed by atoms with E-state index >= 15 is 0 Å². The van der Waals surface area contributed by atoms with Crippen molar-refractivity contribution < 1.29 is 9.53 Å². The number of carbonyl (C=O) groups is 1. The summed E-state index contributed by atoms with van der Waals surface area (Å²) in [6, 6.07) is 1.36. The van der Waals surface area contributed by atoms with Crippen LogP contribution in [-0.2, 0) is 4.74 Å². The van der Waals surface area contributed by atoms with Gasteiger partial charge in [0.05, 0.1) is 12.6 Å². The fraction of sp³-hybridized carbons (Fsp3) is 0.769. The molecular weight excluding hydrogens is 230 g/mol. The van der Waals surface area contributed by atoms with E-state index in [4.69, 9.17) is 11.2 Å². The topological polar surface area (TPSA) is 29.5 Å². The second kappa shape index (κ2) is 4.38. The van der Waals surface area contributed by atoms with E-state index in [9.17, 15) is 4.79 Å². The summed E-state index contributed by atoms with van der Waals surface area (Å²) in [5, 5.41) is 0. The predicted octanol–water partition coefficient (Wildman–Crippen LogP) is 2.56. The maximum absolute atomic E-state index is 12.0. The van der Waals surface area contributed by atoms with E-state index in [-0.39, 0.29) is 12.1 Å². The minimum absolute atomic E-state index is 0.0295. The zero-order valence-corrected chi connectivity index (χ0v) is 11.9. The molecule has 2 fully saturated rings. The first-order valence-corrected chi connectivity index (χ1v) is 10.0. The third-order valence-electron chi connectivity index (χ3n) is 3.59. The molecule has 0 bridgehead atoms. The van der Waals surface area contributed by atoms with E-state index in [0.29, 0.717) is 18.6 Å². The number of ether oxygens (including phenoxy) is 1. The lowest BCUT2D eigenvalue weighted by molar-refractivity contribution is 0.103. The first-order chi connectivity index (χ1) is 7.92. The van der Waals surface area contributed by atoms with Gasteiger partial charge in [0.2, 0.25) is 0 Å². The molecule has 1 aliphatic heterocycles. The van der Waals surface area contributed by atoms with Gasteiger partial charge in [-0.2, -0.15) is 0 Å². The SMILES string of the molecule is C#C[C@H]1C[C@H]2C[C@H]2N1C(=O)OCC[Si](C)(C)C. The number of likely N-dealkylation sites (tertiary alicyclic amines) is 1. The number of fused-ring (bicyclic) bond motifs is 1. The summed E-state index contributed by atoms with van der Waals surface area (Å²) < 4.78 is 5.36. The van der Waals surface area contributed by atoms with Crippen molar-refractivity contribution in [2.24, 2.45) is 5.92 Å². The summed E-state index contributed by atoms with van der Waals surface area (Å²) in [6.45, 7) is 7.37. The molecule has 1 heterocycles. The smallest absolute Gasteiger partial charge is 0.411 e. The Morgan fingerprint density at radius 1 is 1.47 bits per heavy atom. The Balaban J connectivity index is 1.82. The van der Waals surface area contributed by atoms with E-state index in [2.05, 4.69) is 25.6 Å². The third-order valence-corrected chi connectivity index (χ3v) is 5.29. The van der Waals surface area contributed by atoms with Crippen molar-refractivity contribution in [2.75, 3.05) is 6.61 Å². The molecule has 0 N–H and O–H groups in total. The molecule has 1 amide bonds. The zero-order valence-electron chi connectivity index (χ0n) is 10.9. The van der Waals surface area contributed by atoms with E-state index < -0.39 is 8.07 Å². The summed E-state index contributed by atoms with van der Waals surface area (Å²) in [5.74, 6) is 3.34. The molecular formula is C13H21NO2Si. The number of rotatable bonds is 3. The number of hydrogen-bond donors (Lipinski definition) is 0. The third kappa shape index (κ3) is 2.84. The van der Waals surface area contributed by atoms with E-state index in [1.54, 1.807) is 4.90 Å². The summed E-state index contributed by atoms with van der Waals surface area (Å²) >= 11 is 0. The van der Waals surface area contributed by atoms with Gasteiger partial charge in [-0.05, 0) is 24.8 Å². The van der Waals surface area contributed by atoms with Crippen LogP contribution >= 0.6 is 0 Å². The van der Waals surface area contributed by atoms with Gasteiger partial charge >= 0.3 is 6.09 Å². The molecule has 0 spiro atoms. The van der Waals surface area contributed by atoms with Gasteiger partial charge in [0.25, 0.3) is 0 Å². The standard InChI is InChI=1S/C13H21NO2Si/c1-5-11-8-10-9-12(10)14(11)13(15)16-6-7-17(2,3)4/h1,10-12H,6-9H2,2-4H3/t10-,11-,12+/m0/s1. The number of terminal acetylenes is 1. The summed E-state index contributed by atoms with van der Waals surface area (Å²) in [4.78, 5) is 13.7. The lowest BCUT2D eigenvalue weighted by Gasteiger charge is -2.24. The van der Waals surface area contributed by atoms with Crippen LogP contribution in [0.2, 0.25) is 25.7 Å². The van der Waals surface area contributed by atoms with Crippen molar-refractivity contribution in [3.05, 3.63) is 0 Å². The average molecular weight is 251 g/mol. The molecule has 0 radical (unpaired) electrons. The second-order valence-electron chi connectivity index (χ2n) is 6.31. The van der Waals surface area contributed by atoms with Gasteiger partial charge in [0, 0.05) is 14.1 Å². The molecule has 94 valence electrons. The van der Waals surface area contributed by atoms with Crippen LogP contribution in [-0.4, -0.2) is 37.8 Å². The molecule has 3 atom stereocenters. The Kier molecular flexibility index (Phi) is 3.22. The monoisotopic (exact) mass is 251 g/mol. The van der Waals surface area contributed by atoms with E-state index in [1.807, 2.05) is 0 Å². The van der Waals surface area contributed by atoms with Gasteiger partial charge in [-0.3, -0.25) is 4.90 Å². The van der Waals surface area contributed by atoms with Gasteiger partial charge in [0.15, 0.2) is 0 Å². The molecule has 0 aromatic carbocycles. The highest BCUT2D eigenvalue weighted by atomic mass is 28.3. The Bertz CT molecular complexity index is 355. The molecule has 17 heavy (non-hydrogen) atoms. The summed E-state index contributed by atoms with van der Waals surface area (Å²) in [6.07, 6.45) is 7.33. The van der Waals surface area contributed by atoms with Crippen LogP contribution in [0.25, 0.3) is 0 Å². The number of carbonyl (C=O) groups excluding carboxylic acids is 1. The van der Waals surface area contributed by atoms with Gasteiger partial charge in [-0.1, -0.05) is 25.6 Å². The van der Waals surface area contributed by atoms with E-state index in [0.717, 1.165) is 18.9 Å². The highest BCUT2D eigenvalue weighted by Gasteiger charge is 2.54. The Morgan fingerprint density at radius 2 is 2.18 bits per heavy atom. The molecule has 1 saturated heterocycles. The molecule has 0 unspecified atom stereocenters. The first kappa shape index (κ1) is 12.5. The largest absolute Gasteiger partial charge is 0.450 e. The fourth-order valence-corrected chi connectivity index (χ4v) is 3.10. The summed E-state index contributed by atoms with van der Waals surface area (Å²) in [5.41, 5.74) is 0. The van der Waals surface area contributed by atoms with Crippen LogP contribution in [0.1, 0.15) is 12.8 Å². The molecule has 1 saturated carbocycles. The maximum Gasteiger partial charge on any atom is 0.411 e. The van der Waals surface area contributed by atoms with Crippen LogP contribution in [0.15, 0.2) is 0 Å². The molecule has 2 aliphatic rings. The van der Waals surface area contributed by atoms with E-state index in [1.165, 1.54) is 0 Å². The van der Waals surface area contributed by atoms with Crippen LogP contribution < -0.4 is 0 Å². The molecule has 1 aliphatic carbocycles. The van der Waals surface area contributed by atoms with Crippen molar-refractivity contribution >= 4 is 14.2 Å². The lowest BCUT2D eigenvalue weighted by Crippen LogP contribution is -2.38. The molecule has 3 nitrogen and oxygen atoms in total. The fourth-order valence-electron chi connectivity index (χ4n) is 2.39. The number of nitrogens with zero attached hydrogens (tertiary/aromatic N) is 1. The Hall–Kier alpha value is -0.953. The minimum Gasteiger partial charge on any atom is -0.450 e. The highest BCUT2D eigenvalue weighted by Crippen LogP contribution is 2.47. The van der Waals surface area contributed by atoms with Crippen LogP contribution in [0, 0.1) is 18.3 Å². The number of amides is 1. The Labute approximate surface area is 105 Å². The van der Waals surface area contributed by atoms with Crippen molar-refractivity contribution in [3.63, 3.8) is 0 Å². The first-order valence-electron chi connectivity index (χ1n) is 6.33. The Morgan fingerprint density at radius 3 is 2.76 bits per heavy atom. The van der Waals surface area contributed by atoms with Gasteiger partial charge in [0.1, 0.15) is 0 Å². The lowest BCUT2D eigenvalue weighted by atomic mass is 10.2. The maximum atomic E-state index is 12.0. The van der Waals surface area contributed by atoms with Crippen LogP contribution in [0.5, 0.6) is 0 Å². The molecule has 4 heteroatoms. The van der Waals surface area contributed by atoms with Crippen molar-refractivity contribution in [2.45, 2.75) is 50.6 Å². The molecule has 2 rings (SSSR count). The zero-order chi connectivity index (χ0) is 12.6. The van der Waals surface area contributed by atoms with Crippen molar-refractivity contribution in [3.8, 4) is 12.3 Å².